The van der Waals surface area contributed by atoms with E-state index in [9.17, 15) is 14.4 Å². The second kappa shape index (κ2) is 9.82. The molecule has 0 spiro atoms. The van der Waals surface area contributed by atoms with Gasteiger partial charge in [-0.05, 0) is 42.9 Å². The molecule has 132 valence electrons. The number of hydrogen-bond donors (Lipinski definition) is 4. The number of aliphatic carboxylic acids is 1. The van der Waals surface area contributed by atoms with Crippen LogP contribution in [0.15, 0.2) is 29.2 Å². The number of hydrogen-bond acceptors (Lipinski definition) is 4. The molecular formula is C16H23N3O4S. The Bertz CT molecular complexity index is 575. The van der Waals surface area contributed by atoms with Crippen molar-refractivity contribution in [1.29, 1.82) is 0 Å². The van der Waals surface area contributed by atoms with Crippen molar-refractivity contribution >= 4 is 35.4 Å². The summed E-state index contributed by atoms with van der Waals surface area (Å²) in [5.41, 5.74) is 0.611. The van der Waals surface area contributed by atoms with E-state index in [0.29, 0.717) is 12.1 Å². The molecule has 1 rings (SSSR count). The van der Waals surface area contributed by atoms with Gasteiger partial charge in [-0.15, -0.1) is 11.8 Å². The molecule has 0 aromatic heterocycles. The number of nitrogens with one attached hydrogen (secondary N) is 3. The summed E-state index contributed by atoms with van der Waals surface area (Å²) < 4.78 is 0. The van der Waals surface area contributed by atoms with Gasteiger partial charge < -0.3 is 21.1 Å². The Morgan fingerprint density at radius 2 is 1.79 bits per heavy atom. The molecular weight excluding hydrogens is 330 g/mol. The fourth-order valence-corrected chi connectivity index (χ4v) is 2.40. The topological polar surface area (TPSA) is 108 Å². The zero-order chi connectivity index (χ0) is 18.1. The highest BCUT2D eigenvalue weighted by Crippen LogP contribution is 2.17. The highest BCUT2D eigenvalue weighted by Gasteiger charge is 2.22. The molecule has 1 aromatic rings. The second-order valence-corrected chi connectivity index (χ2v) is 6.50. The van der Waals surface area contributed by atoms with E-state index in [1.807, 2.05) is 32.2 Å². The van der Waals surface area contributed by atoms with Crippen LogP contribution < -0.4 is 16.0 Å². The first kappa shape index (κ1) is 19.8. The van der Waals surface area contributed by atoms with Crippen LogP contribution in [0.2, 0.25) is 0 Å². The Hall–Kier alpha value is -2.22. The van der Waals surface area contributed by atoms with Gasteiger partial charge in [0, 0.05) is 10.6 Å². The zero-order valence-corrected chi connectivity index (χ0v) is 14.8. The Labute approximate surface area is 145 Å². The number of carboxylic acids is 1. The minimum Gasteiger partial charge on any atom is -0.480 e. The summed E-state index contributed by atoms with van der Waals surface area (Å²) in [6, 6.07) is 6.00. The third-order valence-corrected chi connectivity index (χ3v) is 3.83. The lowest BCUT2D eigenvalue weighted by Crippen LogP contribution is -2.49. The van der Waals surface area contributed by atoms with Crippen molar-refractivity contribution in [2.75, 3.05) is 18.1 Å². The highest BCUT2D eigenvalue weighted by molar-refractivity contribution is 7.98. The van der Waals surface area contributed by atoms with E-state index in [4.69, 9.17) is 5.11 Å². The van der Waals surface area contributed by atoms with Crippen LogP contribution in [0.3, 0.4) is 0 Å². The summed E-state index contributed by atoms with van der Waals surface area (Å²) in [5.74, 6) is -1.49. The van der Waals surface area contributed by atoms with Gasteiger partial charge in [0.15, 0.2) is 0 Å². The number of carboxylic acid groups (broad SMARTS) is 1. The maximum atomic E-state index is 12.1. The van der Waals surface area contributed by atoms with Crippen molar-refractivity contribution < 1.29 is 19.5 Å². The van der Waals surface area contributed by atoms with E-state index in [2.05, 4.69) is 16.0 Å². The normalized spacial score (nSPS) is 11.7. The van der Waals surface area contributed by atoms with Crippen molar-refractivity contribution in [3.05, 3.63) is 24.3 Å². The van der Waals surface area contributed by atoms with Crippen LogP contribution in [0.25, 0.3) is 0 Å². The third kappa shape index (κ3) is 7.36. The highest BCUT2D eigenvalue weighted by atomic mass is 32.2. The Kier molecular flexibility index (Phi) is 8.11. The van der Waals surface area contributed by atoms with Crippen molar-refractivity contribution in [3.8, 4) is 0 Å². The summed E-state index contributed by atoms with van der Waals surface area (Å²) in [5, 5.41) is 16.2. The first-order valence-corrected chi connectivity index (χ1v) is 8.75. The van der Waals surface area contributed by atoms with Gasteiger partial charge in [-0.25, -0.2) is 4.79 Å². The van der Waals surface area contributed by atoms with Crippen LogP contribution in [0, 0.1) is 5.92 Å². The van der Waals surface area contributed by atoms with Crippen molar-refractivity contribution in [1.82, 2.24) is 10.6 Å². The number of anilines is 1. The van der Waals surface area contributed by atoms with Gasteiger partial charge in [-0.3, -0.25) is 9.59 Å². The van der Waals surface area contributed by atoms with Crippen molar-refractivity contribution in [2.45, 2.75) is 31.2 Å². The molecule has 0 aliphatic carbocycles. The molecule has 0 aliphatic heterocycles. The lowest BCUT2D eigenvalue weighted by atomic mass is 10.0. The van der Waals surface area contributed by atoms with Crippen LogP contribution in [0.5, 0.6) is 0 Å². The average molecular weight is 353 g/mol. The number of thioether (sulfide) groups is 1. The van der Waals surface area contributed by atoms with Crippen LogP contribution in [-0.2, 0) is 9.59 Å². The molecule has 0 aliphatic rings. The maximum Gasteiger partial charge on any atom is 0.322 e. The SMILES string of the molecule is CSc1ccc(NC(=O)N[C@@H](CC(C)C)C(=O)NCC(=O)O)cc1. The molecule has 1 aromatic carbocycles. The molecule has 0 saturated heterocycles. The summed E-state index contributed by atoms with van der Waals surface area (Å²) in [6.45, 7) is 3.35. The number of benzene rings is 1. The van der Waals surface area contributed by atoms with Gasteiger partial charge in [0.1, 0.15) is 12.6 Å². The molecule has 3 amide bonds. The monoisotopic (exact) mass is 353 g/mol. The molecule has 0 unspecified atom stereocenters. The molecule has 1 atom stereocenters. The first-order valence-electron chi connectivity index (χ1n) is 7.53. The third-order valence-electron chi connectivity index (χ3n) is 3.09. The summed E-state index contributed by atoms with van der Waals surface area (Å²) >= 11 is 1.60. The molecule has 0 bridgehead atoms. The predicted octanol–water partition coefficient (Wildman–Crippen LogP) is 2.15. The van der Waals surface area contributed by atoms with Crippen LogP contribution in [0.1, 0.15) is 20.3 Å². The van der Waals surface area contributed by atoms with Crippen LogP contribution >= 0.6 is 11.8 Å². The number of carbonyl (C=O) groups is 3. The van der Waals surface area contributed by atoms with Crippen LogP contribution in [-0.4, -0.2) is 41.9 Å². The fraction of sp³-hybridized carbons (Fsp3) is 0.438. The van der Waals surface area contributed by atoms with Gasteiger partial charge in [0.25, 0.3) is 0 Å². The first-order chi connectivity index (χ1) is 11.3. The fourth-order valence-electron chi connectivity index (χ4n) is 1.99. The largest absolute Gasteiger partial charge is 0.480 e. The van der Waals surface area contributed by atoms with Gasteiger partial charge in [0.05, 0.1) is 0 Å². The Morgan fingerprint density at radius 3 is 2.29 bits per heavy atom. The average Bonchev–Trinajstić information content (AvgIpc) is 2.52. The molecule has 8 heteroatoms. The lowest BCUT2D eigenvalue weighted by molar-refractivity contribution is -0.138. The smallest absolute Gasteiger partial charge is 0.322 e. The molecule has 0 fully saturated rings. The molecule has 7 nitrogen and oxygen atoms in total. The Balaban J connectivity index is 2.64. The quantitative estimate of drug-likeness (QED) is 0.536. The van der Waals surface area contributed by atoms with E-state index in [-0.39, 0.29) is 5.92 Å². The minimum absolute atomic E-state index is 0.159. The molecule has 0 saturated carbocycles. The standard InChI is InChI=1S/C16H23N3O4S/c1-10(2)8-13(15(22)17-9-14(20)21)19-16(23)18-11-4-6-12(24-3)7-5-11/h4-7,10,13H,8-9H2,1-3H3,(H,17,22)(H,20,21)(H2,18,19,23)/t13-/m0/s1. The predicted molar refractivity (Wildman–Crippen MR) is 94.3 cm³/mol. The summed E-state index contributed by atoms with van der Waals surface area (Å²) in [6.07, 6.45) is 2.37. The molecule has 0 radical (unpaired) electrons. The summed E-state index contributed by atoms with van der Waals surface area (Å²) in [7, 11) is 0. The summed E-state index contributed by atoms with van der Waals surface area (Å²) in [4.78, 5) is 35.7. The second-order valence-electron chi connectivity index (χ2n) is 5.62. The van der Waals surface area contributed by atoms with Crippen molar-refractivity contribution in [3.63, 3.8) is 0 Å². The maximum absolute atomic E-state index is 12.1. The molecule has 4 N–H and O–H groups in total. The van der Waals surface area contributed by atoms with E-state index in [0.717, 1.165) is 4.90 Å². The van der Waals surface area contributed by atoms with Gasteiger partial charge in [-0.2, -0.15) is 0 Å². The van der Waals surface area contributed by atoms with E-state index >= 15 is 0 Å². The number of amides is 3. The van der Waals surface area contributed by atoms with E-state index < -0.39 is 30.5 Å². The van der Waals surface area contributed by atoms with E-state index in [1.54, 1.807) is 23.9 Å². The van der Waals surface area contributed by atoms with Crippen LogP contribution in [0.4, 0.5) is 10.5 Å². The molecule has 24 heavy (non-hydrogen) atoms. The number of rotatable bonds is 8. The lowest BCUT2D eigenvalue weighted by Gasteiger charge is -2.20. The number of carbonyl (C=O) groups excluding carboxylic acids is 2. The van der Waals surface area contributed by atoms with Crippen molar-refractivity contribution in [2.24, 2.45) is 5.92 Å². The van der Waals surface area contributed by atoms with Gasteiger partial charge >= 0.3 is 12.0 Å². The molecule has 0 heterocycles. The zero-order valence-electron chi connectivity index (χ0n) is 14.0. The van der Waals surface area contributed by atoms with Gasteiger partial charge in [-0.1, -0.05) is 13.8 Å². The number of urea groups is 1. The minimum atomic E-state index is -1.13. The van der Waals surface area contributed by atoms with Gasteiger partial charge in [0.2, 0.25) is 5.91 Å². The Morgan fingerprint density at radius 1 is 1.17 bits per heavy atom. The van der Waals surface area contributed by atoms with E-state index in [1.165, 1.54) is 0 Å².